The van der Waals surface area contributed by atoms with Crippen LogP contribution in [0, 0.1) is 6.92 Å². The molecule has 1 saturated heterocycles. The van der Waals surface area contributed by atoms with Gasteiger partial charge < -0.3 is 5.32 Å². The molecule has 2 amide bonds. The van der Waals surface area contributed by atoms with Gasteiger partial charge in [0.1, 0.15) is 6.04 Å². The average Bonchev–Trinajstić information content (AvgIpc) is 3.18. The lowest BCUT2D eigenvalue weighted by Gasteiger charge is -2.26. The standard InChI is InChI=1S/C24H29N3O4S/c1-17-8-4-5-9-19(17)16-25-24(29)23-15-20-14-21(10-11-22(20)27(23)18(2)28)32(30,31)26-12-6-3-7-13-26/h4-5,8-11,14,23H,3,6-7,12-13,15-16H2,1-2H3,(H,25,29)/t23-/m1/s1. The zero-order valence-corrected chi connectivity index (χ0v) is 19.3. The van der Waals surface area contributed by atoms with Gasteiger partial charge in [-0.2, -0.15) is 4.31 Å². The quantitative estimate of drug-likeness (QED) is 0.751. The normalized spacial score (nSPS) is 18.9. The van der Waals surface area contributed by atoms with Crippen LogP contribution in [0.2, 0.25) is 0 Å². The van der Waals surface area contributed by atoms with Crippen molar-refractivity contribution in [2.75, 3.05) is 18.0 Å². The predicted octanol–water partition coefficient (Wildman–Crippen LogP) is 2.76. The van der Waals surface area contributed by atoms with E-state index in [0.29, 0.717) is 30.9 Å². The number of fused-ring (bicyclic) bond motifs is 1. The van der Waals surface area contributed by atoms with Crippen LogP contribution in [-0.2, 0) is 32.6 Å². The molecule has 0 unspecified atom stereocenters. The minimum Gasteiger partial charge on any atom is -0.350 e. The predicted molar refractivity (Wildman–Crippen MR) is 123 cm³/mol. The molecule has 1 N–H and O–H groups in total. The van der Waals surface area contributed by atoms with Gasteiger partial charge in [-0.25, -0.2) is 8.42 Å². The summed E-state index contributed by atoms with van der Waals surface area (Å²) in [6.07, 6.45) is 3.07. The van der Waals surface area contributed by atoms with Crippen LogP contribution in [0.3, 0.4) is 0 Å². The van der Waals surface area contributed by atoms with E-state index in [1.165, 1.54) is 16.1 Å². The minimum atomic E-state index is -3.58. The van der Waals surface area contributed by atoms with Crippen molar-refractivity contribution in [3.8, 4) is 0 Å². The van der Waals surface area contributed by atoms with Crippen LogP contribution < -0.4 is 10.2 Å². The lowest BCUT2D eigenvalue weighted by atomic mass is 10.1. The van der Waals surface area contributed by atoms with Gasteiger partial charge in [-0.05, 0) is 54.7 Å². The maximum absolute atomic E-state index is 13.1. The number of benzene rings is 2. The van der Waals surface area contributed by atoms with Crippen LogP contribution in [0.15, 0.2) is 47.4 Å². The van der Waals surface area contributed by atoms with Crippen molar-refractivity contribution in [1.82, 2.24) is 9.62 Å². The van der Waals surface area contributed by atoms with Gasteiger partial charge in [0.25, 0.3) is 0 Å². The van der Waals surface area contributed by atoms with Gasteiger partial charge in [0, 0.05) is 38.7 Å². The molecule has 0 aromatic heterocycles. The van der Waals surface area contributed by atoms with E-state index in [-0.39, 0.29) is 23.1 Å². The van der Waals surface area contributed by atoms with Crippen molar-refractivity contribution < 1.29 is 18.0 Å². The number of sulfonamides is 1. The highest BCUT2D eigenvalue weighted by molar-refractivity contribution is 7.89. The smallest absolute Gasteiger partial charge is 0.243 e. The van der Waals surface area contributed by atoms with E-state index in [4.69, 9.17) is 0 Å². The number of hydrogen-bond acceptors (Lipinski definition) is 4. The lowest BCUT2D eigenvalue weighted by Crippen LogP contribution is -2.47. The van der Waals surface area contributed by atoms with Gasteiger partial charge in [0.15, 0.2) is 0 Å². The molecule has 170 valence electrons. The molecule has 1 fully saturated rings. The van der Waals surface area contributed by atoms with E-state index < -0.39 is 16.1 Å². The molecule has 1 atom stereocenters. The summed E-state index contributed by atoms with van der Waals surface area (Å²) < 4.78 is 27.7. The van der Waals surface area contributed by atoms with Gasteiger partial charge in [0.2, 0.25) is 21.8 Å². The first kappa shape index (κ1) is 22.5. The second-order valence-electron chi connectivity index (χ2n) is 8.51. The molecule has 4 rings (SSSR count). The SMILES string of the molecule is CC(=O)N1c2ccc(S(=O)(=O)N3CCCCC3)cc2C[C@@H]1C(=O)NCc1ccccc1C. The first-order chi connectivity index (χ1) is 15.3. The second-order valence-corrected chi connectivity index (χ2v) is 10.4. The van der Waals surface area contributed by atoms with Crippen LogP contribution in [0.1, 0.15) is 42.9 Å². The van der Waals surface area contributed by atoms with Crippen molar-refractivity contribution in [3.63, 3.8) is 0 Å². The molecule has 0 bridgehead atoms. The van der Waals surface area contributed by atoms with E-state index in [1.54, 1.807) is 18.2 Å². The van der Waals surface area contributed by atoms with Crippen molar-refractivity contribution in [2.24, 2.45) is 0 Å². The highest BCUT2D eigenvalue weighted by Crippen LogP contribution is 2.35. The molecule has 32 heavy (non-hydrogen) atoms. The summed E-state index contributed by atoms with van der Waals surface area (Å²) in [5, 5.41) is 2.94. The third-order valence-corrected chi connectivity index (χ3v) is 8.24. The molecule has 2 aliphatic heterocycles. The van der Waals surface area contributed by atoms with Crippen molar-refractivity contribution >= 4 is 27.5 Å². The van der Waals surface area contributed by atoms with Gasteiger partial charge in [0.05, 0.1) is 4.90 Å². The average molecular weight is 456 g/mol. The topological polar surface area (TPSA) is 86.8 Å². The Morgan fingerprint density at radius 1 is 1.06 bits per heavy atom. The minimum absolute atomic E-state index is 0.225. The molecule has 0 spiro atoms. The summed E-state index contributed by atoms with van der Waals surface area (Å²) in [5.74, 6) is -0.494. The Bertz CT molecular complexity index is 1140. The van der Waals surface area contributed by atoms with Crippen LogP contribution >= 0.6 is 0 Å². The largest absolute Gasteiger partial charge is 0.350 e. The van der Waals surface area contributed by atoms with E-state index in [2.05, 4.69) is 5.32 Å². The summed E-state index contributed by atoms with van der Waals surface area (Å²) in [7, 11) is -3.58. The lowest BCUT2D eigenvalue weighted by molar-refractivity contribution is -0.125. The van der Waals surface area contributed by atoms with Gasteiger partial charge in [-0.15, -0.1) is 0 Å². The number of carbonyl (C=O) groups is 2. The van der Waals surface area contributed by atoms with Crippen molar-refractivity contribution in [1.29, 1.82) is 0 Å². The Labute approximate surface area is 189 Å². The number of piperidine rings is 1. The maximum Gasteiger partial charge on any atom is 0.243 e. The molecule has 0 saturated carbocycles. The zero-order valence-electron chi connectivity index (χ0n) is 18.5. The monoisotopic (exact) mass is 455 g/mol. The van der Waals surface area contributed by atoms with E-state index in [9.17, 15) is 18.0 Å². The highest BCUT2D eigenvalue weighted by Gasteiger charge is 2.38. The Morgan fingerprint density at radius 3 is 2.47 bits per heavy atom. The van der Waals surface area contributed by atoms with Gasteiger partial charge >= 0.3 is 0 Å². The van der Waals surface area contributed by atoms with Crippen LogP contribution in [0.4, 0.5) is 5.69 Å². The molecular weight excluding hydrogens is 426 g/mol. The fourth-order valence-electron chi connectivity index (χ4n) is 4.55. The third kappa shape index (κ3) is 4.29. The summed E-state index contributed by atoms with van der Waals surface area (Å²) in [6, 6.07) is 11.9. The Kier molecular flexibility index (Phi) is 6.35. The highest BCUT2D eigenvalue weighted by atomic mass is 32.2. The first-order valence-electron chi connectivity index (χ1n) is 11.0. The fourth-order valence-corrected chi connectivity index (χ4v) is 6.12. The van der Waals surface area contributed by atoms with Crippen LogP contribution in [0.5, 0.6) is 0 Å². The number of rotatable bonds is 5. The molecule has 0 aliphatic carbocycles. The van der Waals surface area contributed by atoms with E-state index in [0.717, 1.165) is 30.4 Å². The van der Waals surface area contributed by atoms with E-state index >= 15 is 0 Å². The second kappa shape index (κ2) is 9.03. The first-order valence-corrected chi connectivity index (χ1v) is 12.5. The summed E-state index contributed by atoms with van der Waals surface area (Å²) >= 11 is 0. The number of carbonyl (C=O) groups excluding carboxylic acids is 2. The molecule has 2 aromatic carbocycles. The Morgan fingerprint density at radius 2 is 1.78 bits per heavy atom. The summed E-state index contributed by atoms with van der Waals surface area (Å²) in [4.78, 5) is 27.1. The van der Waals surface area contributed by atoms with Gasteiger partial charge in [-0.1, -0.05) is 30.7 Å². The van der Waals surface area contributed by atoms with Gasteiger partial charge in [-0.3, -0.25) is 14.5 Å². The fraction of sp³-hybridized carbons (Fsp3) is 0.417. The molecular formula is C24H29N3O4S. The molecule has 2 aromatic rings. The molecule has 7 nitrogen and oxygen atoms in total. The third-order valence-electron chi connectivity index (χ3n) is 6.34. The molecule has 0 radical (unpaired) electrons. The van der Waals surface area contributed by atoms with E-state index in [1.807, 2.05) is 31.2 Å². The Hall–Kier alpha value is -2.71. The molecule has 2 heterocycles. The molecule has 8 heteroatoms. The van der Waals surface area contributed by atoms with Crippen LogP contribution in [-0.4, -0.2) is 43.7 Å². The number of amides is 2. The van der Waals surface area contributed by atoms with Crippen molar-refractivity contribution in [3.05, 3.63) is 59.2 Å². The van der Waals surface area contributed by atoms with Crippen LogP contribution in [0.25, 0.3) is 0 Å². The number of nitrogens with zero attached hydrogens (tertiary/aromatic N) is 2. The number of anilines is 1. The number of nitrogens with one attached hydrogen (secondary N) is 1. The zero-order chi connectivity index (χ0) is 22.9. The van der Waals surface area contributed by atoms with Crippen molar-refractivity contribution in [2.45, 2.75) is 57.0 Å². The number of hydrogen-bond donors (Lipinski definition) is 1. The molecule has 2 aliphatic rings. The number of aryl methyl sites for hydroxylation is 1. The summed E-state index contributed by atoms with van der Waals surface area (Å²) in [6.45, 7) is 4.85. The maximum atomic E-state index is 13.1. The summed E-state index contributed by atoms with van der Waals surface area (Å²) in [5.41, 5.74) is 3.40. The Balaban J connectivity index is 1.55.